The van der Waals surface area contributed by atoms with Crippen LogP contribution in [0.1, 0.15) is 16.0 Å². The summed E-state index contributed by atoms with van der Waals surface area (Å²) >= 11 is 3.09. The highest BCUT2D eigenvalue weighted by Gasteiger charge is 2.09. The number of hydrogen-bond donors (Lipinski definition) is 2. The van der Waals surface area contributed by atoms with Crippen LogP contribution >= 0.6 is 23.1 Å². The minimum Gasteiger partial charge on any atom is -0.337 e. The monoisotopic (exact) mass is 348 g/mol. The van der Waals surface area contributed by atoms with Crippen molar-refractivity contribution in [2.45, 2.75) is 25.2 Å². The molecule has 4 nitrogen and oxygen atoms in total. The Labute approximate surface area is 144 Å². The number of carbonyl (C=O) groups excluding carboxylic acids is 2. The fraction of sp³-hybridized carbons (Fsp3) is 0.294. The summed E-state index contributed by atoms with van der Waals surface area (Å²) in [7, 11) is 0. The van der Waals surface area contributed by atoms with Gasteiger partial charge in [0.1, 0.15) is 0 Å². The summed E-state index contributed by atoms with van der Waals surface area (Å²) in [4.78, 5) is 25.7. The molecule has 0 unspecified atom stereocenters. The molecular weight excluding hydrogens is 328 g/mol. The molecule has 122 valence electrons. The van der Waals surface area contributed by atoms with Gasteiger partial charge in [0.15, 0.2) is 0 Å². The molecule has 1 aromatic heterocycles. The Morgan fingerprint density at radius 3 is 2.74 bits per heavy atom. The van der Waals surface area contributed by atoms with Crippen LogP contribution in [0.4, 0.5) is 4.79 Å². The third-order valence-electron chi connectivity index (χ3n) is 3.18. The Morgan fingerprint density at radius 2 is 2.04 bits per heavy atom. The van der Waals surface area contributed by atoms with E-state index in [0.29, 0.717) is 6.54 Å². The highest BCUT2D eigenvalue weighted by molar-refractivity contribution is 8.00. The zero-order valence-corrected chi connectivity index (χ0v) is 14.9. The third-order valence-corrected chi connectivity index (χ3v) is 5.29. The summed E-state index contributed by atoms with van der Waals surface area (Å²) < 4.78 is 0. The summed E-state index contributed by atoms with van der Waals surface area (Å²) in [6.45, 7) is 4.57. The number of nitrogens with one attached hydrogen (secondary N) is 2. The quantitative estimate of drug-likeness (QED) is 0.785. The number of aryl methyl sites for hydroxylation is 2. The lowest BCUT2D eigenvalue weighted by molar-refractivity contribution is -0.117. The van der Waals surface area contributed by atoms with Crippen LogP contribution in [-0.4, -0.2) is 24.2 Å². The second kappa shape index (κ2) is 8.74. The Kier molecular flexibility index (Phi) is 6.67. The number of rotatable bonds is 6. The Balaban J connectivity index is 1.68. The van der Waals surface area contributed by atoms with Crippen LogP contribution in [-0.2, 0) is 11.2 Å². The molecule has 0 atom stereocenters. The van der Waals surface area contributed by atoms with Crippen molar-refractivity contribution in [3.05, 3.63) is 51.7 Å². The van der Waals surface area contributed by atoms with Gasteiger partial charge >= 0.3 is 6.03 Å². The Hall–Kier alpha value is -1.79. The van der Waals surface area contributed by atoms with Gasteiger partial charge in [-0.05, 0) is 43.3 Å². The van der Waals surface area contributed by atoms with Crippen molar-refractivity contribution in [2.24, 2.45) is 0 Å². The van der Waals surface area contributed by atoms with Crippen molar-refractivity contribution in [3.63, 3.8) is 0 Å². The van der Waals surface area contributed by atoms with Crippen molar-refractivity contribution >= 4 is 35.0 Å². The van der Waals surface area contributed by atoms with Crippen LogP contribution in [0.15, 0.2) is 40.6 Å². The summed E-state index contributed by atoms with van der Waals surface area (Å²) in [6, 6.07) is 9.67. The van der Waals surface area contributed by atoms with Gasteiger partial charge in [0, 0.05) is 16.3 Å². The highest BCUT2D eigenvalue weighted by atomic mass is 32.2. The fourth-order valence-corrected chi connectivity index (χ4v) is 3.58. The molecule has 0 spiro atoms. The van der Waals surface area contributed by atoms with Gasteiger partial charge in [0.05, 0.1) is 5.75 Å². The number of benzene rings is 1. The van der Waals surface area contributed by atoms with E-state index in [2.05, 4.69) is 16.7 Å². The summed E-state index contributed by atoms with van der Waals surface area (Å²) in [6.07, 6.45) is 0.774. The second-order valence-corrected chi connectivity index (χ2v) is 7.24. The van der Waals surface area contributed by atoms with E-state index in [1.807, 2.05) is 43.5 Å². The molecule has 0 aliphatic carbocycles. The number of thiophene rings is 1. The summed E-state index contributed by atoms with van der Waals surface area (Å²) in [5.41, 5.74) is 2.34. The van der Waals surface area contributed by atoms with E-state index in [9.17, 15) is 9.59 Å². The minimum atomic E-state index is -0.437. The maximum atomic E-state index is 11.8. The molecule has 0 aliphatic heterocycles. The third kappa shape index (κ3) is 6.08. The van der Waals surface area contributed by atoms with Gasteiger partial charge in [0.2, 0.25) is 5.91 Å². The predicted molar refractivity (Wildman–Crippen MR) is 96.2 cm³/mol. The average molecular weight is 348 g/mol. The number of hydrogen-bond acceptors (Lipinski definition) is 4. The fourth-order valence-electron chi connectivity index (χ4n) is 2.07. The van der Waals surface area contributed by atoms with Crippen molar-refractivity contribution in [3.8, 4) is 0 Å². The van der Waals surface area contributed by atoms with Crippen LogP contribution < -0.4 is 10.6 Å². The molecule has 2 N–H and O–H groups in total. The van der Waals surface area contributed by atoms with Gasteiger partial charge in [-0.15, -0.1) is 23.1 Å². The topological polar surface area (TPSA) is 58.2 Å². The van der Waals surface area contributed by atoms with Gasteiger partial charge in [-0.2, -0.15) is 0 Å². The van der Waals surface area contributed by atoms with E-state index in [4.69, 9.17) is 0 Å². The standard InChI is InChI=1S/C17H20N2O2S2/c1-12-5-6-15(13(2)10-12)23-11-16(20)19-17(21)18-8-7-14-4-3-9-22-14/h3-6,9-10H,7-8,11H2,1-2H3,(H2,18,19,20,21). The number of thioether (sulfide) groups is 1. The van der Waals surface area contributed by atoms with E-state index in [1.54, 1.807) is 11.3 Å². The van der Waals surface area contributed by atoms with E-state index < -0.39 is 6.03 Å². The summed E-state index contributed by atoms with van der Waals surface area (Å²) in [5, 5.41) is 7.05. The van der Waals surface area contributed by atoms with E-state index in [-0.39, 0.29) is 11.7 Å². The molecule has 0 radical (unpaired) electrons. The predicted octanol–water partition coefficient (Wildman–Crippen LogP) is 3.53. The smallest absolute Gasteiger partial charge is 0.321 e. The number of amides is 3. The van der Waals surface area contributed by atoms with E-state index in [0.717, 1.165) is 16.9 Å². The lowest BCUT2D eigenvalue weighted by atomic mass is 10.2. The minimum absolute atomic E-state index is 0.224. The Morgan fingerprint density at radius 1 is 1.22 bits per heavy atom. The van der Waals surface area contributed by atoms with Crippen molar-refractivity contribution in [2.75, 3.05) is 12.3 Å². The number of carbonyl (C=O) groups is 2. The maximum absolute atomic E-state index is 11.8. The van der Waals surface area contributed by atoms with Gasteiger partial charge in [0.25, 0.3) is 0 Å². The van der Waals surface area contributed by atoms with Crippen LogP contribution in [0.25, 0.3) is 0 Å². The van der Waals surface area contributed by atoms with Gasteiger partial charge in [-0.25, -0.2) is 4.79 Å². The molecule has 0 saturated carbocycles. The van der Waals surface area contributed by atoms with Gasteiger partial charge in [-0.1, -0.05) is 23.8 Å². The first-order valence-corrected chi connectivity index (χ1v) is 9.21. The van der Waals surface area contributed by atoms with Gasteiger partial charge < -0.3 is 5.32 Å². The molecule has 2 aromatic rings. The molecule has 23 heavy (non-hydrogen) atoms. The van der Waals surface area contributed by atoms with Crippen molar-refractivity contribution in [1.29, 1.82) is 0 Å². The largest absolute Gasteiger partial charge is 0.337 e. The molecule has 0 aliphatic rings. The second-order valence-electron chi connectivity index (χ2n) is 5.19. The van der Waals surface area contributed by atoms with Crippen molar-refractivity contribution in [1.82, 2.24) is 10.6 Å². The normalized spacial score (nSPS) is 10.3. The SMILES string of the molecule is Cc1ccc(SCC(=O)NC(=O)NCCc2cccs2)c(C)c1. The molecule has 0 fully saturated rings. The zero-order chi connectivity index (χ0) is 16.7. The molecule has 1 aromatic carbocycles. The van der Waals surface area contributed by atoms with Crippen LogP contribution in [0.2, 0.25) is 0 Å². The van der Waals surface area contributed by atoms with Crippen LogP contribution in [0, 0.1) is 13.8 Å². The molecule has 2 rings (SSSR count). The van der Waals surface area contributed by atoms with E-state index in [1.165, 1.54) is 22.2 Å². The lowest BCUT2D eigenvalue weighted by Gasteiger charge is -2.08. The lowest BCUT2D eigenvalue weighted by Crippen LogP contribution is -2.41. The first-order chi connectivity index (χ1) is 11.0. The Bertz CT molecular complexity index is 669. The van der Waals surface area contributed by atoms with Crippen LogP contribution in [0.5, 0.6) is 0 Å². The maximum Gasteiger partial charge on any atom is 0.321 e. The number of urea groups is 1. The zero-order valence-electron chi connectivity index (χ0n) is 13.2. The first kappa shape index (κ1) is 17.6. The summed E-state index contributed by atoms with van der Waals surface area (Å²) in [5.74, 6) is -0.0639. The van der Waals surface area contributed by atoms with Gasteiger partial charge in [-0.3, -0.25) is 10.1 Å². The molecule has 0 saturated heterocycles. The number of imide groups is 1. The average Bonchev–Trinajstić information content (AvgIpc) is 2.99. The highest BCUT2D eigenvalue weighted by Crippen LogP contribution is 2.22. The molecule has 6 heteroatoms. The molecule has 3 amide bonds. The van der Waals surface area contributed by atoms with E-state index >= 15 is 0 Å². The van der Waals surface area contributed by atoms with Crippen LogP contribution in [0.3, 0.4) is 0 Å². The molecule has 0 bridgehead atoms. The first-order valence-electron chi connectivity index (χ1n) is 7.34. The van der Waals surface area contributed by atoms with Crippen molar-refractivity contribution < 1.29 is 9.59 Å². The molecule has 1 heterocycles. The molecular formula is C17H20N2O2S2.